The Kier molecular flexibility index (Phi) is 11.1. The molecule has 0 atom stereocenters. The highest BCUT2D eigenvalue weighted by Crippen LogP contribution is 2.16. The number of guanidine groups is 1. The monoisotopic (exact) mass is 528 g/mol. The molecule has 1 aromatic heterocycles. The molecular formula is C21H33IN6O2. The first-order valence-electron chi connectivity index (χ1n) is 10.3. The summed E-state index contributed by atoms with van der Waals surface area (Å²) < 4.78 is 11.0. The molecule has 2 aromatic rings. The van der Waals surface area contributed by atoms with Crippen LogP contribution in [-0.4, -0.2) is 60.4 Å². The van der Waals surface area contributed by atoms with Crippen LogP contribution in [0.3, 0.4) is 0 Å². The predicted octanol–water partition coefficient (Wildman–Crippen LogP) is 2.73. The molecular weight excluding hydrogens is 495 g/mol. The van der Waals surface area contributed by atoms with Crippen LogP contribution in [0.5, 0.6) is 0 Å². The number of hydrogen-bond donors (Lipinski definition) is 2. The van der Waals surface area contributed by atoms with Gasteiger partial charge in [0.05, 0.1) is 12.6 Å². The molecule has 0 saturated carbocycles. The number of rotatable bonds is 9. The van der Waals surface area contributed by atoms with Crippen molar-refractivity contribution >= 4 is 29.9 Å². The van der Waals surface area contributed by atoms with Gasteiger partial charge in [-0.05, 0) is 24.8 Å². The molecule has 1 fully saturated rings. The molecule has 0 aliphatic carbocycles. The van der Waals surface area contributed by atoms with Gasteiger partial charge in [-0.3, -0.25) is 9.89 Å². The number of aromatic nitrogens is 2. The van der Waals surface area contributed by atoms with Crippen molar-refractivity contribution in [3.63, 3.8) is 0 Å². The normalized spacial score (nSPS) is 15.6. The van der Waals surface area contributed by atoms with E-state index in [9.17, 15) is 0 Å². The van der Waals surface area contributed by atoms with Crippen LogP contribution in [-0.2, 0) is 17.8 Å². The van der Waals surface area contributed by atoms with Crippen molar-refractivity contribution < 1.29 is 9.26 Å². The van der Waals surface area contributed by atoms with Gasteiger partial charge < -0.3 is 19.9 Å². The van der Waals surface area contributed by atoms with Crippen LogP contribution < -0.4 is 10.6 Å². The molecule has 0 spiro atoms. The molecule has 0 unspecified atom stereocenters. The second-order valence-electron chi connectivity index (χ2n) is 7.27. The summed E-state index contributed by atoms with van der Waals surface area (Å²) in [6.45, 7) is 7.06. The van der Waals surface area contributed by atoms with Crippen molar-refractivity contribution in [1.29, 1.82) is 0 Å². The Hall–Kier alpha value is -1.72. The molecule has 0 bridgehead atoms. The summed E-state index contributed by atoms with van der Waals surface area (Å²) in [4.78, 5) is 10.9. The maximum Gasteiger partial charge on any atom is 0.223 e. The topological polar surface area (TPSA) is 87.8 Å². The zero-order chi connectivity index (χ0) is 20.3. The summed E-state index contributed by atoms with van der Waals surface area (Å²) in [6.07, 6.45) is 3.52. The van der Waals surface area contributed by atoms with Gasteiger partial charge in [0.15, 0.2) is 11.8 Å². The number of hydrogen-bond acceptors (Lipinski definition) is 6. The van der Waals surface area contributed by atoms with Crippen molar-refractivity contribution in [2.75, 3.05) is 33.3 Å². The van der Waals surface area contributed by atoms with E-state index in [0.717, 1.165) is 58.0 Å². The maximum atomic E-state index is 6.07. The summed E-state index contributed by atoms with van der Waals surface area (Å²) >= 11 is 0. The van der Waals surface area contributed by atoms with Gasteiger partial charge >= 0.3 is 0 Å². The number of likely N-dealkylation sites (tertiary alicyclic amines) is 1. The van der Waals surface area contributed by atoms with E-state index < -0.39 is 0 Å². The first-order chi connectivity index (χ1) is 14.2. The third kappa shape index (κ3) is 8.57. The second kappa shape index (κ2) is 13.6. The molecule has 166 valence electrons. The largest absolute Gasteiger partial charge is 0.378 e. The minimum Gasteiger partial charge on any atom is -0.378 e. The highest BCUT2D eigenvalue weighted by atomic mass is 127. The summed E-state index contributed by atoms with van der Waals surface area (Å²) in [5.74, 6) is 1.90. The van der Waals surface area contributed by atoms with E-state index in [1.165, 1.54) is 5.56 Å². The Morgan fingerprint density at radius 3 is 2.67 bits per heavy atom. The molecule has 8 nitrogen and oxygen atoms in total. The van der Waals surface area contributed by atoms with E-state index in [0.29, 0.717) is 24.4 Å². The van der Waals surface area contributed by atoms with Crippen molar-refractivity contribution in [3.05, 3.63) is 47.6 Å². The number of benzene rings is 1. The molecule has 2 heterocycles. The van der Waals surface area contributed by atoms with Crippen molar-refractivity contribution in [3.8, 4) is 0 Å². The van der Waals surface area contributed by atoms with Crippen LogP contribution in [0.2, 0.25) is 0 Å². The lowest BCUT2D eigenvalue weighted by atomic mass is 10.1. The third-order valence-corrected chi connectivity index (χ3v) is 4.96. The van der Waals surface area contributed by atoms with Gasteiger partial charge in [-0.1, -0.05) is 35.5 Å². The molecule has 3 rings (SSSR count). The lowest BCUT2D eigenvalue weighted by Crippen LogP contribution is -2.38. The number of aryl methyl sites for hydroxylation is 1. The molecule has 9 heteroatoms. The fraction of sp³-hybridized carbons (Fsp3) is 0.571. The highest BCUT2D eigenvalue weighted by molar-refractivity contribution is 14.0. The van der Waals surface area contributed by atoms with Gasteiger partial charge in [0.1, 0.15) is 0 Å². The fourth-order valence-corrected chi connectivity index (χ4v) is 3.40. The maximum absolute atomic E-state index is 6.07. The minimum absolute atomic E-state index is 0. The first kappa shape index (κ1) is 24.5. The molecule has 2 N–H and O–H groups in total. The van der Waals surface area contributed by atoms with Crippen LogP contribution in [0.15, 0.2) is 39.8 Å². The number of piperidine rings is 1. The Morgan fingerprint density at radius 1 is 1.23 bits per heavy atom. The smallest absolute Gasteiger partial charge is 0.223 e. The highest BCUT2D eigenvalue weighted by Gasteiger charge is 2.19. The van der Waals surface area contributed by atoms with Gasteiger partial charge in [0.2, 0.25) is 5.89 Å². The third-order valence-electron chi connectivity index (χ3n) is 4.96. The number of nitrogens with zero attached hydrogens (tertiary/aromatic N) is 4. The van der Waals surface area contributed by atoms with Gasteiger partial charge in [-0.25, -0.2) is 0 Å². The lowest BCUT2D eigenvalue weighted by molar-refractivity contribution is 0.00534. The van der Waals surface area contributed by atoms with Gasteiger partial charge in [-0.2, -0.15) is 4.98 Å². The summed E-state index contributed by atoms with van der Waals surface area (Å²) in [5.41, 5.74) is 1.38. The van der Waals surface area contributed by atoms with Crippen LogP contribution in [0.4, 0.5) is 0 Å². The van der Waals surface area contributed by atoms with E-state index in [4.69, 9.17) is 9.26 Å². The first-order valence-corrected chi connectivity index (χ1v) is 10.3. The van der Waals surface area contributed by atoms with E-state index in [1.54, 1.807) is 14.0 Å². The Morgan fingerprint density at radius 2 is 2.00 bits per heavy atom. The fourth-order valence-electron chi connectivity index (χ4n) is 3.40. The zero-order valence-electron chi connectivity index (χ0n) is 17.8. The Labute approximate surface area is 195 Å². The molecule has 1 aliphatic rings. The van der Waals surface area contributed by atoms with Gasteiger partial charge in [-0.15, -0.1) is 24.0 Å². The van der Waals surface area contributed by atoms with E-state index >= 15 is 0 Å². The van der Waals surface area contributed by atoms with E-state index in [-0.39, 0.29) is 24.0 Å². The summed E-state index contributed by atoms with van der Waals surface area (Å²) in [6, 6.07) is 10.7. The molecule has 1 aliphatic heterocycles. The Bertz CT molecular complexity index is 747. The number of nitrogens with one attached hydrogen (secondary N) is 2. The number of halogens is 1. The number of aliphatic imine (C=N–C) groups is 1. The average Bonchev–Trinajstić information content (AvgIpc) is 3.17. The molecule has 30 heavy (non-hydrogen) atoms. The molecule has 0 radical (unpaired) electrons. The van der Waals surface area contributed by atoms with Crippen LogP contribution in [0.1, 0.15) is 36.5 Å². The molecule has 1 aromatic carbocycles. The minimum atomic E-state index is 0. The lowest BCUT2D eigenvalue weighted by Gasteiger charge is -2.32. The zero-order valence-corrected chi connectivity index (χ0v) is 20.2. The van der Waals surface area contributed by atoms with Crippen molar-refractivity contribution in [2.45, 2.75) is 45.4 Å². The molecule has 0 amide bonds. The van der Waals surface area contributed by atoms with E-state index in [1.807, 2.05) is 0 Å². The SMILES string of the molecule is CN=C(NCCCOC1CCN(Cc2ccccc2)CC1)NCc1noc(C)n1.I. The van der Waals surface area contributed by atoms with Gasteiger partial charge in [0.25, 0.3) is 0 Å². The van der Waals surface area contributed by atoms with Crippen molar-refractivity contribution in [1.82, 2.24) is 25.7 Å². The van der Waals surface area contributed by atoms with E-state index in [2.05, 4.69) is 61.0 Å². The molecule has 1 saturated heterocycles. The average molecular weight is 528 g/mol. The van der Waals surface area contributed by atoms with Crippen LogP contribution >= 0.6 is 24.0 Å². The number of ether oxygens (including phenoxy) is 1. The Balaban J connectivity index is 0.00000320. The second-order valence-corrected chi connectivity index (χ2v) is 7.27. The predicted molar refractivity (Wildman–Crippen MR) is 128 cm³/mol. The summed E-state index contributed by atoms with van der Waals surface area (Å²) in [5, 5.41) is 10.3. The van der Waals surface area contributed by atoms with Crippen molar-refractivity contribution in [2.24, 2.45) is 4.99 Å². The summed E-state index contributed by atoms with van der Waals surface area (Å²) in [7, 11) is 1.75. The van der Waals surface area contributed by atoms with Crippen LogP contribution in [0, 0.1) is 6.92 Å². The van der Waals surface area contributed by atoms with Gasteiger partial charge in [0, 0.05) is 46.8 Å². The quantitative estimate of drug-likeness (QED) is 0.224. The van der Waals surface area contributed by atoms with Crippen LogP contribution in [0.25, 0.3) is 0 Å². The standard InChI is InChI=1S/C21H32N6O2.HI/c1-17-25-20(26-29-17)15-24-21(22-2)23-11-6-14-28-19-9-12-27(13-10-19)16-18-7-4-3-5-8-18;/h3-5,7-8,19H,6,9-16H2,1-2H3,(H2,22,23,24);1H.